The van der Waals surface area contributed by atoms with Crippen LogP contribution < -0.4 is 16.4 Å². The molecule has 0 unspecified atom stereocenters. The third-order valence-corrected chi connectivity index (χ3v) is 1.95. The molecule has 0 aromatic carbocycles. The van der Waals surface area contributed by atoms with Gasteiger partial charge < -0.3 is 11.1 Å². The summed E-state index contributed by atoms with van der Waals surface area (Å²) in [7, 11) is 0. The monoisotopic (exact) mass is 254 g/mol. The number of hydrogen-bond donors (Lipinski definition) is 3. The molecule has 0 radical (unpaired) electrons. The van der Waals surface area contributed by atoms with Gasteiger partial charge in [0, 0.05) is 6.04 Å². The largest absolute Gasteiger partial charge is 0.382 e. The van der Waals surface area contributed by atoms with E-state index in [9.17, 15) is 4.79 Å². The highest BCUT2D eigenvalue weighted by molar-refractivity contribution is 6.32. The number of hydrogen-bond acceptors (Lipinski definition) is 6. The van der Waals surface area contributed by atoms with E-state index in [1.807, 2.05) is 19.2 Å². The summed E-state index contributed by atoms with van der Waals surface area (Å²) in [6, 6.07) is 0.0972. The number of rotatable bonds is 3. The molecule has 0 aliphatic rings. The summed E-state index contributed by atoms with van der Waals surface area (Å²) in [6.45, 7) is 3.79. The first-order valence-corrected chi connectivity index (χ1v) is 5.12. The number of nitrogens with zero attached hydrogens (tertiary/aromatic N) is 3. The summed E-state index contributed by atoms with van der Waals surface area (Å²) < 4.78 is 0. The fourth-order valence-corrected chi connectivity index (χ4v) is 1.25. The minimum absolute atomic E-state index is 0.0241. The molecule has 1 heterocycles. The van der Waals surface area contributed by atoms with Crippen LogP contribution in [0.4, 0.5) is 11.6 Å². The molecule has 8 heteroatoms. The van der Waals surface area contributed by atoms with Crippen molar-refractivity contribution in [3.63, 3.8) is 0 Å². The molecule has 17 heavy (non-hydrogen) atoms. The zero-order chi connectivity index (χ0) is 13.0. The normalized spacial score (nSPS) is 9.82. The number of anilines is 2. The van der Waals surface area contributed by atoms with Gasteiger partial charge in [0.2, 0.25) is 0 Å². The van der Waals surface area contributed by atoms with Gasteiger partial charge in [-0.05, 0) is 13.8 Å². The standard InChI is InChI=1S/C9H11ClN6O/c1-4(2)14-8-6(10)15-5(7(12)16-8)9(17)13-3-11/h4H,1-2H3,(H,13,17)(H3,12,14,16). The number of carbonyl (C=O) groups excluding carboxylic acids is 1. The summed E-state index contributed by atoms with van der Waals surface area (Å²) >= 11 is 5.84. The van der Waals surface area contributed by atoms with E-state index in [0.717, 1.165) is 0 Å². The first-order chi connectivity index (χ1) is 7.95. The third-order valence-electron chi connectivity index (χ3n) is 1.69. The molecule has 0 saturated carbocycles. The molecule has 0 aliphatic heterocycles. The lowest BCUT2D eigenvalue weighted by atomic mass is 10.3. The molecule has 7 nitrogen and oxygen atoms in total. The van der Waals surface area contributed by atoms with Gasteiger partial charge in [-0.15, -0.1) is 0 Å². The van der Waals surface area contributed by atoms with E-state index >= 15 is 0 Å². The van der Waals surface area contributed by atoms with Gasteiger partial charge in [0.15, 0.2) is 28.7 Å². The number of amides is 1. The molecule has 0 aliphatic carbocycles. The highest BCUT2D eigenvalue weighted by Crippen LogP contribution is 2.20. The molecule has 90 valence electrons. The summed E-state index contributed by atoms with van der Waals surface area (Å²) in [5, 5.41) is 13.2. The van der Waals surface area contributed by atoms with Crippen LogP contribution in [0.1, 0.15) is 24.3 Å². The fraction of sp³-hybridized carbons (Fsp3) is 0.333. The topological polar surface area (TPSA) is 117 Å². The predicted octanol–water partition coefficient (Wildman–Crippen LogP) is 0.743. The summed E-state index contributed by atoms with van der Waals surface area (Å²) in [5.74, 6) is -0.534. The number of nitrogen functional groups attached to an aromatic ring is 1. The van der Waals surface area contributed by atoms with Gasteiger partial charge in [0.05, 0.1) is 0 Å². The highest BCUT2D eigenvalue weighted by atomic mass is 35.5. The van der Waals surface area contributed by atoms with E-state index in [2.05, 4.69) is 15.3 Å². The molecular formula is C9H11ClN6O. The predicted molar refractivity (Wildman–Crippen MR) is 63.3 cm³/mol. The number of nitrogens with one attached hydrogen (secondary N) is 2. The molecule has 0 fully saturated rings. The molecule has 1 aromatic rings. The van der Waals surface area contributed by atoms with Crippen molar-refractivity contribution in [1.82, 2.24) is 15.3 Å². The van der Waals surface area contributed by atoms with Gasteiger partial charge in [-0.25, -0.2) is 9.97 Å². The Bertz CT molecular complexity index is 481. The van der Waals surface area contributed by atoms with Crippen molar-refractivity contribution in [2.45, 2.75) is 19.9 Å². The van der Waals surface area contributed by atoms with Gasteiger partial charge in [-0.1, -0.05) is 11.6 Å². The Balaban J connectivity index is 3.10. The second-order valence-corrected chi connectivity index (χ2v) is 3.82. The number of aromatic nitrogens is 2. The van der Waals surface area contributed by atoms with Crippen molar-refractivity contribution in [2.75, 3.05) is 11.1 Å². The molecule has 0 bridgehead atoms. The number of nitriles is 1. The summed E-state index contributed by atoms with van der Waals surface area (Å²) in [5.41, 5.74) is 5.38. The summed E-state index contributed by atoms with van der Waals surface area (Å²) in [6.07, 6.45) is 1.48. The van der Waals surface area contributed by atoms with Gasteiger partial charge in [0.25, 0.3) is 5.91 Å². The lowest BCUT2D eigenvalue weighted by Gasteiger charge is -2.11. The fourth-order valence-electron chi connectivity index (χ4n) is 1.07. The number of carbonyl (C=O) groups is 1. The van der Waals surface area contributed by atoms with E-state index in [0.29, 0.717) is 5.82 Å². The van der Waals surface area contributed by atoms with Crippen LogP contribution in [0, 0.1) is 11.5 Å². The van der Waals surface area contributed by atoms with Crippen molar-refractivity contribution >= 4 is 29.1 Å². The first-order valence-electron chi connectivity index (χ1n) is 4.74. The van der Waals surface area contributed by atoms with Crippen molar-refractivity contribution < 1.29 is 4.79 Å². The van der Waals surface area contributed by atoms with Crippen LogP contribution in [0.25, 0.3) is 0 Å². The van der Waals surface area contributed by atoms with Crippen LogP contribution in [-0.2, 0) is 0 Å². The maximum atomic E-state index is 11.4. The van der Waals surface area contributed by atoms with Crippen LogP contribution >= 0.6 is 11.6 Å². The molecule has 0 saturated heterocycles. The third kappa shape index (κ3) is 3.19. The average Bonchev–Trinajstić information content (AvgIpc) is 2.22. The van der Waals surface area contributed by atoms with E-state index in [-0.39, 0.29) is 22.7 Å². The highest BCUT2D eigenvalue weighted by Gasteiger charge is 2.16. The number of halogens is 1. The Hall–Kier alpha value is -2.07. The van der Waals surface area contributed by atoms with Crippen LogP contribution in [0.15, 0.2) is 0 Å². The average molecular weight is 255 g/mol. The van der Waals surface area contributed by atoms with Crippen molar-refractivity contribution in [3.8, 4) is 6.19 Å². The second-order valence-electron chi connectivity index (χ2n) is 3.46. The molecule has 0 spiro atoms. The van der Waals surface area contributed by atoms with Crippen LogP contribution in [0.3, 0.4) is 0 Å². The van der Waals surface area contributed by atoms with Crippen LogP contribution in [0.2, 0.25) is 5.15 Å². The zero-order valence-electron chi connectivity index (χ0n) is 9.28. The number of nitrogens with two attached hydrogens (primary N) is 1. The molecule has 4 N–H and O–H groups in total. The molecule has 0 atom stereocenters. The van der Waals surface area contributed by atoms with Gasteiger partial charge >= 0.3 is 0 Å². The Morgan fingerprint density at radius 2 is 2.18 bits per heavy atom. The molecule has 1 rings (SSSR count). The van der Waals surface area contributed by atoms with E-state index in [1.54, 1.807) is 0 Å². The van der Waals surface area contributed by atoms with Crippen molar-refractivity contribution in [1.29, 1.82) is 5.26 Å². The Kier molecular flexibility index (Phi) is 4.06. The summed E-state index contributed by atoms with van der Waals surface area (Å²) in [4.78, 5) is 19.1. The minimum atomic E-state index is -0.740. The van der Waals surface area contributed by atoms with E-state index < -0.39 is 5.91 Å². The zero-order valence-corrected chi connectivity index (χ0v) is 10.0. The lowest BCUT2D eigenvalue weighted by molar-refractivity contribution is 0.0968. The Morgan fingerprint density at radius 1 is 1.53 bits per heavy atom. The minimum Gasteiger partial charge on any atom is -0.382 e. The SMILES string of the molecule is CC(C)Nc1nc(N)c(C(=O)NC#N)nc1Cl. The molecule has 1 aromatic heterocycles. The smallest absolute Gasteiger partial charge is 0.286 e. The van der Waals surface area contributed by atoms with Gasteiger partial charge in [-0.3, -0.25) is 10.1 Å². The molecular weight excluding hydrogens is 244 g/mol. The Labute approximate surface area is 103 Å². The van der Waals surface area contributed by atoms with Crippen LogP contribution in [0.5, 0.6) is 0 Å². The van der Waals surface area contributed by atoms with Gasteiger partial charge in [-0.2, -0.15) is 5.26 Å². The first kappa shape index (κ1) is 13.0. The van der Waals surface area contributed by atoms with Gasteiger partial charge in [0.1, 0.15) is 0 Å². The Morgan fingerprint density at radius 3 is 2.71 bits per heavy atom. The van der Waals surface area contributed by atoms with E-state index in [4.69, 9.17) is 22.6 Å². The quantitative estimate of drug-likeness (QED) is 0.541. The maximum absolute atomic E-state index is 11.4. The molecule has 1 amide bonds. The van der Waals surface area contributed by atoms with Crippen molar-refractivity contribution in [3.05, 3.63) is 10.8 Å². The van der Waals surface area contributed by atoms with Crippen molar-refractivity contribution in [2.24, 2.45) is 0 Å². The maximum Gasteiger partial charge on any atom is 0.286 e. The second kappa shape index (κ2) is 5.32. The van der Waals surface area contributed by atoms with E-state index in [1.165, 1.54) is 6.19 Å². The lowest BCUT2D eigenvalue weighted by Crippen LogP contribution is -2.22. The van der Waals surface area contributed by atoms with Crippen LogP contribution in [-0.4, -0.2) is 21.9 Å².